The number of hydrogen-bond acceptors (Lipinski definition) is 4. The van der Waals surface area contributed by atoms with Crippen molar-refractivity contribution in [2.45, 2.75) is 63.8 Å². The minimum atomic E-state index is -3.40. The van der Waals surface area contributed by atoms with Gasteiger partial charge in [-0.2, -0.15) is 0 Å². The first-order chi connectivity index (χ1) is 9.76. The third-order valence-electron chi connectivity index (χ3n) is 4.35. The number of rotatable bonds is 6. The van der Waals surface area contributed by atoms with Crippen LogP contribution in [0.25, 0.3) is 0 Å². The highest BCUT2D eigenvalue weighted by Gasteiger charge is 2.37. The van der Waals surface area contributed by atoms with Gasteiger partial charge in [0.2, 0.25) is 10.0 Å². The van der Waals surface area contributed by atoms with Gasteiger partial charge in [0, 0.05) is 17.5 Å². The molecule has 0 amide bonds. The van der Waals surface area contributed by atoms with Crippen LogP contribution in [0.15, 0.2) is 10.3 Å². The second kappa shape index (κ2) is 6.36. The van der Waals surface area contributed by atoms with E-state index < -0.39 is 10.0 Å². The lowest BCUT2D eigenvalue weighted by atomic mass is 9.88. The molecule has 1 aromatic rings. The summed E-state index contributed by atoms with van der Waals surface area (Å²) in [5.41, 5.74) is 1.10. The molecule has 1 aliphatic rings. The zero-order chi connectivity index (χ0) is 15.7. The molecule has 0 radical (unpaired) electrons. The standard InChI is InChI=1S/C15H26N2O2S2/c1-5-16-10-12-11(2)9-14(20-12)21(18,19)17-13-7-6-8-15(13,3)4/h9,13,16-17H,5-8,10H2,1-4H3. The molecule has 1 aromatic heterocycles. The second-order valence-electron chi connectivity index (χ2n) is 6.51. The molecule has 21 heavy (non-hydrogen) atoms. The van der Waals surface area contributed by atoms with Crippen molar-refractivity contribution in [3.05, 3.63) is 16.5 Å². The molecule has 2 rings (SSSR count). The van der Waals surface area contributed by atoms with Gasteiger partial charge in [-0.05, 0) is 43.4 Å². The Morgan fingerprint density at radius 1 is 1.43 bits per heavy atom. The first-order valence-electron chi connectivity index (χ1n) is 7.58. The molecule has 1 fully saturated rings. The van der Waals surface area contributed by atoms with E-state index in [2.05, 4.69) is 23.9 Å². The average molecular weight is 331 g/mol. The van der Waals surface area contributed by atoms with Crippen LogP contribution in [0.4, 0.5) is 0 Å². The SMILES string of the molecule is CCNCc1sc(S(=O)(=O)NC2CCCC2(C)C)cc1C. The molecule has 0 aromatic carbocycles. The van der Waals surface area contributed by atoms with Crippen molar-refractivity contribution in [2.75, 3.05) is 6.54 Å². The van der Waals surface area contributed by atoms with Crippen LogP contribution in [0.1, 0.15) is 50.5 Å². The van der Waals surface area contributed by atoms with Crippen molar-refractivity contribution in [1.82, 2.24) is 10.0 Å². The van der Waals surface area contributed by atoms with Gasteiger partial charge in [-0.15, -0.1) is 11.3 Å². The summed E-state index contributed by atoms with van der Waals surface area (Å²) >= 11 is 1.38. The summed E-state index contributed by atoms with van der Waals surface area (Å²) < 4.78 is 28.5. The van der Waals surface area contributed by atoms with Gasteiger partial charge in [0.1, 0.15) is 4.21 Å². The van der Waals surface area contributed by atoms with Gasteiger partial charge in [0.15, 0.2) is 0 Å². The Hall–Kier alpha value is -0.430. The highest BCUT2D eigenvalue weighted by molar-refractivity contribution is 7.91. The normalized spacial score (nSPS) is 21.8. The third kappa shape index (κ3) is 3.86. The Kier molecular flexibility index (Phi) is 5.13. The van der Waals surface area contributed by atoms with Gasteiger partial charge in [-0.25, -0.2) is 13.1 Å². The third-order valence-corrected chi connectivity index (χ3v) is 7.54. The quantitative estimate of drug-likeness (QED) is 0.843. The largest absolute Gasteiger partial charge is 0.312 e. The molecule has 1 aliphatic carbocycles. The van der Waals surface area contributed by atoms with Gasteiger partial charge < -0.3 is 5.32 Å². The van der Waals surface area contributed by atoms with Gasteiger partial charge in [-0.1, -0.05) is 27.2 Å². The zero-order valence-corrected chi connectivity index (χ0v) is 15.0. The van der Waals surface area contributed by atoms with E-state index in [1.54, 1.807) is 6.07 Å². The summed E-state index contributed by atoms with van der Waals surface area (Å²) in [6.45, 7) is 9.92. The average Bonchev–Trinajstić information content (AvgIpc) is 2.91. The highest BCUT2D eigenvalue weighted by Crippen LogP contribution is 2.38. The summed E-state index contributed by atoms with van der Waals surface area (Å²) in [4.78, 5) is 1.10. The Labute approximate surface area is 132 Å². The molecule has 0 aliphatic heterocycles. The number of thiophene rings is 1. The number of nitrogens with one attached hydrogen (secondary N) is 2. The topological polar surface area (TPSA) is 58.2 Å². The van der Waals surface area contributed by atoms with Gasteiger partial charge in [-0.3, -0.25) is 0 Å². The maximum absolute atomic E-state index is 12.6. The van der Waals surface area contributed by atoms with E-state index in [0.717, 1.165) is 42.8 Å². The lowest BCUT2D eigenvalue weighted by Gasteiger charge is -2.27. The Balaban J connectivity index is 2.16. The van der Waals surface area contributed by atoms with Gasteiger partial charge in [0.25, 0.3) is 0 Å². The lowest BCUT2D eigenvalue weighted by molar-refractivity contribution is 0.313. The first kappa shape index (κ1) is 16.9. The predicted octanol–water partition coefficient (Wildman–Crippen LogP) is 3.02. The van der Waals surface area contributed by atoms with Crippen LogP contribution in [-0.4, -0.2) is 21.0 Å². The number of sulfonamides is 1. The Bertz CT molecular complexity index is 591. The fourth-order valence-corrected chi connectivity index (χ4v) is 5.84. The highest BCUT2D eigenvalue weighted by atomic mass is 32.2. The molecule has 1 atom stereocenters. The Morgan fingerprint density at radius 3 is 2.71 bits per heavy atom. The van der Waals surface area contributed by atoms with Crippen molar-refractivity contribution in [1.29, 1.82) is 0 Å². The molecule has 1 saturated carbocycles. The molecular weight excluding hydrogens is 304 g/mol. The summed E-state index contributed by atoms with van der Waals surface area (Å²) in [5, 5.41) is 3.25. The van der Waals surface area contributed by atoms with Crippen molar-refractivity contribution < 1.29 is 8.42 Å². The monoisotopic (exact) mass is 330 g/mol. The van der Waals surface area contributed by atoms with Crippen LogP contribution in [-0.2, 0) is 16.6 Å². The van der Waals surface area contributed by atoms with E-state index >= 15 is 0 Å². The lowest BCUT2D eigenvalue weighted by Crippen LogP contribution is -2.41. The van der Waals surface area contributed by atoms with E-state index in [1.807, 2.05) is 13.8 Å². The number of hydrogen-bond donors (Lipinski definition) is 2. The zero-order valence-electron chi connectivity index (χ0n) is 13.3. The van der Waals surface area contributed by atoms with Crippen molar-refractivity contribution in [3.8, 4) is 0 Å². The van der Waals surface area contributed by atoms with Crippen LogP contribution in [0.2, 0.25) is 0 Å². The summed E-state index contributed by atoms with van der Waals surface area (Å²) in [5.74, 6) is 0. The maximum Gasteiger partial charge on any atom is 0.250 e. The minimum absolute atomic E-state index is 0.0436. The first-order valence-corrected chi connectivity index (χ1v) is 9.88. The number of aryl methyl sites for hydroxylation is 1. The molecule has 120 valence electrons. The fourth-order valence-electron chi connectivity index (χ4n) is 2.83. The van der Waals surface area contributed by atoms with Crippen molar-refractivity contribution in [3.63, 3.8) is 0 Å². The van der Waals surface area contributed by atoms with Gasteiger partial charge in [0.05, 0.1) is 0 Å². The molecule has 0 spiro atoms. The molecule has 1 heterocycles. The maximum atomic E-state index is 12.6. The predicted molar refractivity (Wildman–Crippen MR) is 88.2 cm³/mol. The fraction of sp³-hybridized carbons (Fsp3) is 0.733. The smallest absolute Gasteiger partial charge is 0.250 e. The van der Waals surface area contributed by atoms with Gasteiger partial charge >= 0.3 is 0 Å². The van der Waals surface area contributed by atoms with Crippen molar-refractivity contribution >= 4 is 21.4 Å². The molecule has 1 unspecified atom stereocenters. The van der Waals surface area contributed by atoms with Crippen LogP contribution >= 0.6 is 11.3 Å². The van der Waals surface area contributed by atoms with Crippen LogP contribution in [0.5, 0.6) is 0 Å². The van der Waals surface area contributed by atoms with E-state index in [0.29, 0.717) is 4.21 Å². The van der Waals surface area contributed by atoms with E-state index in [-0.39, 0.29) is 11.5 Å². The Morgan fingerprint density at radius 2 is 2.14 bits per heavy atom. The molecule has 4 nitrogen and oxygen atoms in total. The summed E-state index contributed by atoms with van der Waals surface area (Å²) in [6, 6.07) is 1.84. The van der Waals surface area contributed by atoms with E-state index in [1.165, 1.54) is 11.3 Å². The minimum Gasteiger partial charge on any atom is -0.312 e. The molecular formula is C15H26N2O2S2. The summed E-state index contributed by atoms with van der Waals surface area (Å²) in [7, 11) is -3.40. The molecule has 2 N–H and O–H groups in total. The van der Waals surface area contributed by atoms with Crippen LogP contribution in [0, 0.1) is 12.3 Å². The van der Waals surface area contributed by atoms with E-state index in [9.17, 15) is 8.42 Å². The summed E-state index contributed by atoms with van der Waals surface area (Å²) in [6.07, 6.45) is 3.10. The molecule has 6 heteroatoms. The molecule has 0 bridgehead atoms. The van der Waals surface area contributed by atoms with Crippen LogP contribution < -0.4 is 10.0 Å². The van der Waals surface area contributed by atoms with Crippen LogP contribution in [0.3, 0.4) is 0 Å². The second-order valence-corrected chi connectivity index (χ2v) is 9.58. The molecule has 0 saturated heterocycles. The van der Waals surface area contributed by atoms with E-state index in [4.69, 9.17) is 0 Å². The van der Waals surface area contributed by atoms with Crippen molar-refractivity contribution in [2.24, 2.45) is 5.41 Å².